The van der Waals surface area contributed by atoms with E-state index in [1.165, 1.54) is 20.1 Å². The summed E-state index contributed by atoms with van der Waals surface area (Å²) in [6.45, 7) is 5.32. The molecule has 12 heteroatoms. The average molecular weight is 616 g/mol. The maximum absolute atomic E-state index is 14.7. The number of carbonyl (C=O) groups excluding carboxylic acids is 3. The van der Waals surface area contributed by atoms with Gasteiger partial charge in [0.15, 0.2) is 0 Å². The number of amides is 3. The van der Waals surface area contributed by atoms with Gasteiger partial charge in [-0.2, -0.15) is 0 Å². The van der Waals surface area contributed by atoms with E-state index >= 15 is 0 Å². The SMILES string of the molecule is CC[C@@H]1CCC[C@H](N(CCC(C)c2c(F)ccc(Cl)c2F)C(C)=O)c2ncc([nH]2)-c2ccc(NC(=O)OC)cc2NC1=O. The predicted molar refractivity (Wildman–Crippen MR) is 161 cm³/mol. The molecule has 3 aromatic rings. The first-order valence-corrected chi connectivity index (χ1v) is 14.7. The molecule has 2 aromatic carbocycles. The van der Waals surface area contributed by atoms with Gasteiger partial charge in [-0.3, -0.25) is 14.9 Å². The van der Waals surface area contributed by atoms with Crippen LogP contribution in [0.4, 0.5) is 25.0 Å². The third-order valence-electron chi connectivity index (χ3n) is 7.96. The van der Waals surface area contributed by atoms with Crippen molar-refractivity contribution in [3.63, 3.8) is 0 Å². The second-order valence-electron chi connectivity index (χ2n) is 10.8. The number of ether oxygens (including phenoxy) is 1. The number of aromatic amines is 1. The molecule has 1 aliphatic heterocycles. The second kappa shape index (κ2) is 14.0. The molecule has 1 aromatic heterocycles. The van der Waals surface area contributed by atoms with E-state index in [1.54, 1.807) is 36.2 Å². The molecule has 9 nitrogen and oxygen atoms in total. The first-order valence-electron chi connectivity index (χ1n) is 14.3. The Morgan fingerprint density at radius 2 is 2.00 bits per heavy atom. The van der Waals surface area contributed by atoms with Gasteiger partial charge >= 0.3 is 6.09 Å². The molecular formula is C31H36ClF2N5O4. The lowest BCUT2D eigenvalue weighted by molar-refractivity contribution is -0.132. The number of anilines is 2. The molecule has 0 aliphatic carbocycles. The second-order valence-corrected chi connectivity index (χ2v) is 11.2. The zero-order valence-electron chi connectivity index (χ0n) is 24.6. The van der Waals surface area contributed by atoms with Gasteiger partial charge in [-0.05, 0) is 61.9 Å². The van der Waals surface area contributed by atoms with E-state index in [1.807, 2.05) is 6.92 Å². The molecule has 0 spiro atoms. The fraction of sp³-hybridized carbons (Fsp3) is 0.419. The average Bonchev–Trinajstić information content (AvgIpc) is 3.45. The van der Waals surface area contributed by atoms with E-state index in [0.29, 0.717) is 54.1 Å². The van der Waals surface area contributed by atoms with Gasteiger partial charge in [0.2, 0.25) is 11.8 Å². The largest absolute Gasteiger partial charge is 0.453 e. The molecule has 2 bridgehead atoms. The quantitative estimate of drug-likeness (QED) is 0.239. The van der Waals surface area contributed by atoms with Crippen LogP contribution in [0, 0.1) is 17.6 Å². The van der Waals surface area contributed by atoms with Crippen molar-refractivity contribution in [2.24, 2.45) is 5.92 Å². The summed E-state index contributed by atoms with van der Waals surface area (Å²) in [6, 6.07) is 6.94. The summed E-state index contributed by atoms with van der Waals surface area (Å²) in [5.74, 6) is -2.12. The van der Waals surface area contributed by atoms with Crippen molar-refractivity contribution in [3.05, 3.63) is 64.6 Å². The fourth-order valence-electron chi connectivity index (χ4n) is 5.53. The molecule has 0 fully saturated rings. The van der Waals surface area contributed by atoms with Gasteiger partial charge in [-0.1, -0.05) is 31.9 Å². The molecule has 1 aliphatic rings. The summed E-state index contributed by atoms with van der Waals surface area (Å²) in [5, 5.41) is 5.47. The third-order valence-corrected chi connectivity index (χ3v) is 8.25. The minimum absolute atomic E-state index is 0.107. The molecule has 4 rings (SSSR count). The molecule has 0 saturated heterocycles. The number of nitrogens with zero attached hydrogens (tertiary/aromatic N) is 2. The lowest BCUT2D eigenvalue weighted by Gasteiger charge is -2.31. The van der Waals surface area contributed by atoms with E-state index in [2.05, 4.69) is 25.3 Å². The molecule has 0 radical (unpaired) electrons. The number of fused-ring (bicyclic) bond motifs is 4. The van der Waals surface area contributed by atoms with Crippen molar-refractivity contribution in [2.45, 2.75) is 64.8 Å². The first-order chi connectivity index (χ1) is 20.5. The maximum atomic E-state index is 14.7. The van der Waals surface area contributed by atoms with Crippen LogP contribution in [0.25, 0.3) is 11.3 Å². The summed E-state index contributed by atoms with van der Waals surface area (Å²) < 4.78 is 33.9. The lowest BCUT2D eigenvalue weighted by Crippen LogP contribution is -2.35. The van der Waals surface area contributed by atoms with Gasteiger partial charge in [0.25, 0.3) is 0 Å². The Kier molecular flexibility index (Phi) is 10.4. The predicted octanol–water partition coefficient (Wildman–Crippen LogP) is 7.42. The summed E-state index contributed by atoms with van der Waals surface area (Å²) in [5.41, 5.74) is 2.06. The summed E-state index contributed by atoms with van der Waals surface area (Å²) >= 11 is 5.91. The van der Waals surface area contributed by atoms with Gasteiger partial charge in [-0.25, -0.2) is 18.6 Å². The summed E-state index contributed by atoms with van der Waals surface area (Å²) in [7, 11) is 1.26. The van der Waals surface area contributed by atoms with Crippen LogP contribution in [0.2, 0.25) is 5.02 Å². The van der Waals surface area contributed by atoms with Gasteiger partial charge < -0.3 is 19.9 Å². The molecule has 3 atom stereocenters. The van der Waals surface area contributed by atoms with Crippen LogP contribution in [-0.4, -0.2) is 46.4 Å². The standard InChI is InChI=1S/C31H36ClF2N5O4/c1-5-19-7-6-8-26(39(18(3)40)14-13-17(2)27-23(33)12-11-22(32)28(27)34)29-35-16-25(37-29)21-10-9-20(36-31(42)43-4)15-24(21)38-30(19)41/h9-12,15-17,19,26H,5-8,13-14H2,1-4H3,(H,35,37)(H,36,42)(H,38,41)/t17?,19-,26+/m1/s1. The third kappa shape index (κ3) is 7.33. The minimum atomic E-state index is -0.794. The molecular weight excluding hydrogens is 580 g/mol. The van der Waals surface area contributed by atoms with Crippen LogP contribution in [0.3, 0.4) is 0 Å². The zero-order valence-corrected chi connectivity index (χ0v) is 25.4. The van der Waals surface area contributed by atoms with Crippen molar-refractivity contribution in [1.29, 1.82) is 0 Å². The van der Waals surface area contributed by atoms with Crippen molar-refractivity contribution in [3.8, 4) is 11.3 Å². The number of rotatable bonds is 7. The van der Waals surface area contributed by atoms with E-state index < -0.39 is 29.7 Å². The van der Waals surface area contributed by atoms with Crippen molar-refractivity contribution < 1.29 is 27.9 Å². The summed E-state index contributed by atoms with van der Waals surface area (Å²) in [6.07, 6.45) is 3.61. The van der Waals surface area contributed by atoms with Gasteiger partial charge in [0.1, 0.15) is 17.5 Å². The van der Waals surface area contributed by atoms with E-state index in [9.17, 15) is 23.2 Å². The smallest absolute Gasteiger partial charge is 0.411 e. The molecule has 3 N–H and O–H groups in total. The zero-order chi connectivity index (χ0) is 31.3. The van der Waals surface area contributed by atoms with Crippen LogP contribution in [-0.2, 0) is 14.3 Å². The Hall–Kier alpha value is -3.99. The number of aromatic nitrogens is 2. The Balaban J connectivity index is 1.68. The van der Waals surface area contributed by atoms with Crippen LogP contribution >= 0.6 is 11.6 Å². The monoisotopic (exact) mass is 615 g/mol. The number of halogens is 3. The normalized spacial score (nSPS) is 17.5. The minimum Gasteiger partial charge on any atom is -0.453 e. The first kappa shape index (κ1) is 31.9. The number of methoxy groups -OCH3 is 1. The summed E-state index contributed by atoms with van der Waals surface area (Å²) in [4.78, 5) is 47.7. The Labute approximate surface area is 254 Å². The number of nitrogens with one attached hydrogen (secondary N) is 3. The van der Waals surface area contributed by atoms with Crippen LogP contribution in [0.1, 0.15) is 76.2 Å². The molecule has 230 valence electrons. The fourth-order valence-corrected chi connectivity index (χ4v) is 5.69. The molecule has 43 heavy (non-hydrogen) atoms. The van der Waals surface area contributed by atoms with E-state index in [-0.39, 0.29) is 41.3 Å². The Morgan fingerprint density at radius 1 is 1.23 bits per heavy atom. The molecule has 3 amide bonds. The van der Waals surface area contributed by atoms with Gasteiger partial charge in [0.05, 0.1) is 35.8 Å². The van der Waals surface area contributed by atoms with Crippen molar-refractivity contribution >= 4 is 40.9 Å². The Morgan fingerprint density at radius 3 is 2.70 bits per heavy atom. The van der Waals surface area contributed by atoms with E-state index in [4.69, 9.17) is 11.6 Å². The molecule has 0 saturated carbocycles. The number of benzene rings is 2. The number of H-pyrrole nitrogens is 1. The number of imidazole rings is 1. The van der Waals surface area contributed by atoms with Crippen molar-refractivity contribution in [1.82, 2.24) is 14.9 Å². The van der Waals surface area contributed by atoms with Crippen LogP contribution < -0.4 is 10.6 Å². The highest BCUT2D eigenvalue weighted by molar-refractivity contribution is 6.30. The van der Waals surface area contributed by atoms with Crippen molar-refractivity contribution in [2.75, 3.05) is 24.3 Å². The highest BCUT2D eigenvalue weighted by atomic mass is 35.5. The van der Waals surface area contributed by atoms with E-state index in [0.717, 1.165) is 6.07 Å². The number of carbonyl (C=O) groups is 3. The molecule has 2 heterocycles. The maximum Gasteiger partial charge on any atom is 0.411 e. The lowest BCUT2D eigenvalue weighted by atomic mass is 9.94. The topological polar surface area (TPSA) is 116 Å². The number of hydrogen-bond donors (Lipinski definition) is 3. The van der Waals surface area contributed by atoms with Gasteiger partial charge in [0, 0.05) is 36.2 Å². The Bertz CT molecular complexity index is 1500. The van der Waals surface area contributed by atoms with Gasteiger partial charge in [-0.15, -0.1) is 0 Å². The number of hydrogen-bond acceptors (Lipinski definition) is 5. The highest BCUT2D eigenvalue weighted by Gasteiger charge is 2.29. The van der Waals surface area contributed by atoms with Crippen LogP contribution in [0.5, 0.6) is 0 Å². The highest BCUT2D eigenvalue weighted by Crippen LogP contribution is 2.36. The molecule has 1 unspecified atom stereocenters. The van der Waals surface area contributed by atoms with Crippen LogP contribution in [0.15, 0.2) is 36.5 Å².